The van der Waals surface area contributed by atoms with Gasteiger partial charge >= 0.3 is 0 Å². The van der Waals surface area contributed by atoms with Gasteiger partial charge < -0.3 is 14.6 Å². The van der Waals surface area contributed by atoms with Crippen LogP contribution in [-0.4, -0.2) is 24.8 Å². The van der Waals surface area contributed by atoms with Crippen molar-refractivity contribution in [2.24, 2.45) is 7.05 Å². The zero-order valence-electron chi connectivity index (χ0n) is 11.3. The monoisotopic (exact) mass is 244 g/mol. The minimum absolute atomic E-state index is 0.606. The van der Waals surface area contributed by atoms with Crippen LogP contribution in [0.1, 0.15) is 17.7 Å². The number of rotatable bonds is 2. The molecule has 1 aromatic carbocycles. The summed E-state index contributed by atoms with van der Waals surface area (Å²) >= 11 is 0. The van der Waals surface area contributed by atoms with E-state index in [1.165, 1.54) is 28.6 Å². The first-order chi connectivity index (χ1) is 8.74. The highest BCUT2D eigenvalue weighted by Crippen LogP contribution is 2.33. The summed E-state index contributed by atoms with van der Waals surface area (Å²) in [6.45, 7) is 0. The highest BCUT2D eigenvalue weighted by atomic mass is 16.5. The third kappa shape index (κ3) is 1.62. The molecular formula is C15H20N2O. The second kappa shape index (κ2) is 4.32. The molecule has 0 aliphatic heterocycles. The summed E-state index contributed by atoms with van der Waals surface area (Å²) in [6, 6.07) is 6.99. The molecule has 0 amide bonds. The van der Waals surface area contributed by atoms with Gasteiger partial charge in [0.05, 0.1) is 7.11 Å². The first-order valence-electron chi connectivity index (χ1n) is 6.56. The number of aromatic nitrogens is 1. The van der Waals surface area contributed by atoms with E-state index in [2.05, 4.69) is 36.1 Å². The lowest BCUT2D eigenvalue weighted by molar-refractivity contribution is 0.415. The highest BCUT2D eigenvalue weighted by molar-refractivity contribution is 5.87. The second-order valence-electron chi connectivity index (χ2n) is 5.10. The molecule has 0 bridgehead atoms. The molecule has 2 aromatic rings. The van der Waals surface area contributed by atoms with Gasteiger partial charge in [-0.15, -0.1) is 0 Å². The summed E-state index contributed by atoms with van der Waals surface area (Å²) in [6.07, 6.45) is 3.51. The average Bonchev–Trinajstić information content (AvgIpc) is 2.71. The van der Waals surface area contributed by atoms with Crippen molar-refractivity contribution in [1.29, 1.82) is 0 Å². The molecule has 1 aliphatic carbocycles. The van der Waals surface area contributed by atoms with Crippen molar-refractivity contribution < 1.29 is 4.74 Å². The Morgan fingerprint density at radius 3 is 2.94 bits per heavy atom. The lowest BCUT2D eigenvalue weighted by Gasteiger charge is -2.22. The van der Waals surface area contributed by atoms with E-state index in [9.17, 15) is 0 Å². The first kappa shape index (κ1) is 11.6. The maximum atomic E-state index is 5.35. The smallest absolute Gasteiger partial charge is 0.119 e. The number of ether oxygens (including phenoxy) is 1. The average molecular weight is 244 g/mol. The number of fused-ring (bicyclic) bond motifs is 3. The first-order valence-corrected chi connectivity index (χ1v) is 6.56. The molecule has 1 aliphatic rings. The molecule has 3 rings (SSSR count). The lowest BCUT2D eigenvalue weighted by atomic mass is 9.91. The third-order valence-corrected chi connectivity index (χ3v) is 4.23. The molecule has 1 aromatic heterocycles. The Kier molecular flexibility index (Phi) is 2.78. The number of methoxy groups -OCH3 is 1. The van der Waals surface area contributed by atoms with Crippen LogP contribution in [0.2, 0.25) is 0 Å². The van der Waals surface area contributed by atoms with Crippen molar-refractivity contribution in [2.45, 2.75) is 25.3 Å². The number of nitrogens with one attached hydrogen (secondary N) is 1. The van der Waals surface area contributed by atoms with Crippen LogP contribution in [-0.2, 0) is 19.9 Å². The fraction of sp³-hybridized carbons (Fsp3) is 0.467. The van der Waals surface area contributed by atoms with Gasteiger partial charge in [0.25, 0.3) is 0 Å². The van der Waals surface area contributed by atoms with Crippen molar-refractivity contribution in [3.05, 3.63) is 29.5 Å². The minimum Gasteiger partial charge on any atom is -0.497 e. The molecule has 0 radical (unpaired) electrons. The Hall–Kier alpha value is -1.48. The summed E-state index contributed by atoms with van der Waals surface area (Å²) in [4.78, 5) is 0. The Morgan fingerprint density at radius 1 is 1.39 bits per heavy atom. The number of nitrogens with zero attached hydrogens (tertiary/aromatic N) is 1. The summed E-state index contributed by atoms with van der Waals surface area (Å²) in [5.74, 6) is 0.947. The van der Waals surface area contributed by atoms with Crippen molar-refractivity contribution in [1.82, 2.24) is 9.88 Å². The maximum Gasteiger partial charge on any atom is 0.119 e. The number of aryl methyl sites for hydroxylation is 1. The third-order valence-electron chi connectivity index (χ3n) is 4.23. The molecule has 0 fully saturated rings. The van der Waals surface area contributed by atoms with Gasteiger partial charge in [0.1, 0.15) is 5.75 Å². The van der Waals surface area contributed by atoms with Gasteiger partial charge in [0.2, 0.25) is 0 Å². The van der Waals surface area contributed by atoms with Crippen molar-refractivity contribution in [3.8, 4) is 5.75 Å². The molecule has 3 heteroatoms. The molecule has 1 unspecified atom stereocenters. The highest BCUT2D eigenvalue weighted by Gasteiger charge is 2.23. The number of benzene rings is 1. The molecule has 3 nitrogen and oxygen atoms in total. The number of hydrogen-bond acceptors (Lipinski definition) is 2. The van der Waals surface area contributed by atoms with E-state index in [4.69, 9.17) is 4.74 Å². The van der Waals surface area contributed by atoms with Gasteiger partial charge in [-0.1, -0.05) is 0 Å². The van der Waals surface area contributed by atoms with Gasteiger partial charge in [0.15, 0.2) is 0 Å². The van der Waals surface area contributed by atoms with Crippen molar-refractivity contribution in [2.75, 3.05) is 14.2 Å². The van der Waals surface area contributed by atoms with Gasteiger partial charge in [-0.05, 0) is 50.1 Å². The number of likely N-dealkylation sites (N-methyl/N-ethyl adjacent to an activating group) is 1. The standard InChI is InChI=1S/C15H20N2O/c1-16-10-4-6-14-12(8-10)13-9-11(18-3)5-7-15(13)17(14)2/h5,7,9-10,16H,4,6,8H2,1-3H3. The van der Waals surface area contributed by atoms with Crippen LogP contribution >= 0.6 is 0 Å². The second-order valence-corrected chi connectivity index (χ2v) is 5.10. The van der Waals surface area contributed by atoms with Crippen LogP contribution in [0.4, 0.5) is 0 Å². The summed E-state index contributed by atoms with van der Waals surface area (Å²) in [7, 11) is 5.96. The van der Waals surface area contributed by atoms with Crippen LogP contribution in [0.15, 0.2) is 18.2 Å². The van der Waals surface area contributed by atoms with Crippen LogP contribution < -0.4 is 10.1 Å². The number of hydrogen-bond donors (Lipinski definition) is 1. The van der Waals surface area contributed by atoms with Crippen molar-refractivity contribution >= 4 is 10.9 Å². The topological polar surface area (TPSA) is 26.2 Å². The molecule has 1 N–H and O–H groups in total. The molecule has 1 heterocycles. The molecule has 1 atom stereocenters. The predicted octanol–water partition coefficient (Wildman–Crippen LogP) is 2.26. The van der Waals surface area contributed by atoms with E-state index in [0.29, 0.717) is 6.04 Å². The Labute approximate surface area is 108 Å². The summed E-state index contributed by atoms with van der Waals surface area (Å²) in [5, 5.41) is 4.76. The molecule has 0 saturated heterocycles. The van der Waals surface area contributed by atoms with E-state index < -0.39 is 0 Å². The maximum absolute atomic E-state index is 5.35. The van der Waals surface area contributed by atoms with E-state index in [1.807, 2.05) is 6.07 Å². The quantitative estimate of drug-likeness (QED) is 0.877. The van der Waals surface area contributed by atoms with Crippen LogP contribution in [0.25, 0.3) is 10.9 Å². The van der Waals surface area contributed by atoms with Crippen LogP contribution in [0.3, 0.4) is 0 Å². The molecule has 0 saturated carbocycles. The van der Waals surface area contributed by atoms with E-state index in [0.717, 1.165) is 18.6 Å². The van der Waals surface area contributed by atoms with E-state index in [1.54, 1.807) is 7.11 Å². The van der Waals surface area contributed by atoms with Crippen LogP contribution in [0, 0.1) is 0 Å². The van der Waals surface area contributed by atoms with Gasteiger partial charge in [-0.2, -0.15) is 0 Å². The molecule has 0 spiro atoms. The molecule has 96 valence electrons. The Balaban J connectivity index is 2.19. The fourth-order valence-corrected chi connectivity index (χ4v) is 3.13. The van der Waals surface area contributed by atoms with Crippen LogP contribution in [0.5, 0.6) is 5.75 Å². The fourth-order valence-electron chi connectivity index (χ4n) is 3.13. The minimum atomic E-state index is 0.606. The SMILES string of the molecule is CNC1CCc2c(c3cc(OC)ccc3n2C)C1. The normalized spacial score (nSPS) is 18.9. The predicted molar refractivity (Wildman–Crippen MR) is 74.3 cm³/mol. The van der Waals surface area contributed by atoms with Crippen molar-refractivity contribution in [3.63, 3.8) is 0 Å². The largest absolute Gasteiger partial charge is 0.497 e. The Bertz CT molecular complexity index is 586. The van der Waals surface area contributed by atoms with E-state index >= 15 is 0 Å². The zero-order chi connectivity index (χ0) is 12.7. The summed E-state index contributed by atoms with van der Waals surface area (Å²) < 4.78 is 7.69. The molecular weight excluding hydrogens is 224 g/mol. The molecule has 18 heavy (non-hydrogen) atoms. The Morgan fingerprint density at radius 2 is 2.22 bits per heavy atom. The lowest BCUT2D eigenvalue weighted by Crippen LogP contribution is -2.31. The summed E-state index contributed by atoms with van der Waals surface area (Å²) in [5.41, 5.74) is 4.30. The van der Waals surface area contributed by atoms with E-state index in [-0.39, 0.29) is 0 Å². The zero-order valence-corrected chi connectivity index (χ0v) is 11.3. The van der Waals surface area contributed by atoms with Gasteiger partial charge in [-0.3, -0.25) is 0 Å². The van der Waals surface area contributed by atoms with Gasteiger partial charge in [0, 0.05) is 29.7 Å². The van der Waals surface area contributed by atoms with Gasteiger partial charge in [-0.25, -0.2) is 0 Å².